The number of thiophene rings is 1. The Bertz CT molecular complexity index is 1140. The zero-order valence-electron chi connectivity index (χ0n) is 16.7. The molecule has 1 aliphatic rings. The van der Waals surface area contributed by atoms with Gasteiger partial charge < -0.3 is 10.2 Å². The fourth-order valence-electron chi connectivity index (χ4n) is 3.49. The normalized spacial score (nSPS) is 15.1. The van der Waals surface area contributed by atoms with Crippen molar-refractivity contribution >= 4 is 44.6 Å². The number of hydrogen-bond donors (Lipinski definition) is 1. The fourth-order valence-corrected chi connectivity index (χ4v) is 5.79. The molecule has 1 saturated heterocycles. The van der Waals surface area contributed by atoms with E-state index in [0.717, 1.165) is 10.6 Å². The van der Waals surface area contributed by atoms with E-state index in [1.807, 2.05) is 47.8 Å². The molecule has 1 fully saturated rings. The Hall–Kier alpha value is -2.39. The maximum atomic E-state index is 13.2. The number of amides is 1. The number of para-hydroxylation sites is 1. The van der Waals surface area contributed by atoms with Crippen molar-refractivity contribution in [3.63, 3.8) is 0 Å². The zero-order valence-corrected chi connectivity index (χ0v) is 19.1. The van der Waals surface area contributed by atoms with Crippen molar-refractivity contribution in [3.05, 3.63) is 81.5 Å². The number of sulfonamides is 1. The van der Waals surface area contributed by atoms with E-state index in [0.29, 0.717) is 32.7 Å². The van der Waals surface area contributed by atoms with E-state index in [2.05, 4.69) is 10.2 Å². The van der Waals surface area contributed by atoms with Crippen molar-refractivity contribution in [2.75, 3.05) is 31.1 Å². The first-order chi connectivity index (χ1) is 14.9. The summed E-state index contributed by atoms with van der Waals surface area (Å²) in [6.45, 7) is 2.32. The van der Waals surface area contributed by atoms with E-state index in [-0.39, 0.29) is 15.5 Å². The monoisotopic (exact) mass is 475 g/mol. The van der Waals surface area contributed by atoms with Gasteiger partial charge in [-0.1, -0.05) is 35.9 Å². The molecule has 6 nitrogen and oxygen atoms in total. The van der Waals surface area contributed by atoms with Crippen LogP contribution in [0.3, 0.4) is 0 Å². The van der Waals surface area contributed by atoms with Gasteiger partial charge in [0, 0.05) is 36.7 Å². The lowest BCUT2D eigenvalue weighted by Gasteiger charge is -2.35. The number of carbonyl (C=O) groups is 1. The number of piperazine rings is 1. The number of hydrogen-bond acceptors (Lipinski definition) is 5. The smallest absolute Gasteiger partial charge is 0.253 e. The summed E-state index contributed by atoms with van der Waals surface area (Å²) in [6.07, 6.45) is 0. The average Bonchev–Trinajstić information content (AvgIpc) is 3.32. The van der Waals surface area contributed by atoms with Gasteiger partial charge in [-0.2, -0.15) is 4.31 Å². The molecule has 0 radical (unpaired) electrons. The molecule has 31 heavy (non-hydrogen) atoms. The van der Waals surface area contributed by atoms with Crippen molar-refractivity contribution < 1.29 is 13.2 Å². The van der Waals surface area contributed by atoms with Crippen LogP contribution in [0.2, 0.25) is 5.02 Å². The molecule has 0 aliphatic carbocycles. The van der Waals surface area contributed by atoms with E-state index in [1.165, 1.54) is 33.8 Å². The maximum absolute atomic E-state index is 13.2. The third kappa shape index (κ3) is 4.93. The Morgan fingerprint density at radius 3 is 2.42 bits per heavy atom. The molecule has 0 saturated carbocycles. The van der Waals surface area contributed by atoms with Gasteiger partial charge in [0.1, 0.15) is 0 Å². The molecule has 1 aromatic heterocycles. The molecule has 2 heterocycles. The molecule has 1 aliphatic heterocycles. The molecule has 4 rings (SSSR count). The standard InChI is InChI=1S/C22H22ClN3O3S2/c23-21-9-8-19(15-20(21)22(27)24-16-18-7-4-14-30-18)31(28,29)26-12-10-25(11-13-26)17-5-2-1-3-6-17/h1-9,14-15H,10-13,16H2,(H,24,27). The predicted octanol–water partition coefficient (Wildman–Crippen LogP) is 3.84. The number of carbonyl (C=O) groups excluding carboxylic acids is 1. The van der Waals surface area contributed by atoms with Gasteiger partial charge in [-0.3, -0.25) is 4.79 Å². The van der Waals surface area contributed by atoms with Crippen LogP contribution < -0.4 is 10.2 Å². The quantitative estimate of drug-likeness (QED) is 0.588. The van der Waals surface area contributed by atoms with Crippen LogP contribution in [0, 0.1) is 0 Å². The molecule has 0 unspecified atom stereocenters. The first kappa shape index (κ1) is 21.8. The van der Waals surface area contributed by atoms with Crippen LogP contribution in [0.5, 0.6) is 0 Å². The predicted molar refractivity (Wildman–Crippen MR) is 124 cm³/mol. The summed E-state index contributed by atoms with van der Waals surface area (Å²) >= 11 is 7.74. The lowest BCUT2D eigenvalue weighted by Crippen LogP contribution is -2.48. The number of anilines is 1. The molecular formula is C22H22ClN3O3S2. The maximum Gasteiger partial charge on any atom is 0.253 e. The molecule has 2 aromatic carbocycles. The molecule has 1 N–H and O–H groups in total. The number of halogens is 1. The number of nitrogens with zero attached hydrogens (tertiary/aromatic N) is 2. The minimum Gasteiger partial charge on any atom is -0.369 e. The number of nitrogens with one attached hydrogen (secondary N) is 1. The minimum absolute atomic E-state index is 0.0753. The van der Waals surface area contributed by atoms with Crippen molar-refractivity contribution in [2.24, 2.45) is 0 Å². The Balaban J connectivity index is 1.47. The molecular weight excluding hydrogens is 454 g/mol. The Morgan fingerprint density at radius 2 is 1.74 bits per heavy atom. The summed E-state index contributed by atoms with van der Waals surface area (Å²) in [5.41, 5.74) is 1.23. The van der Waals surface area contributed by atoms with Crippen LogP contribution in [0.1, 0.15) is 15.2 Å². The first-order valence-corrected chi connectivity index (χ1v) is 12.6. The van der Waals surface area contributed by atoms with Crippen LogP contribution in [0.15, 0.2) is 70.9 Å². The van der Waals surface area contributed by atoms with Crippen LogP contribution in [0.25, 0.3) is 0 Å². The Morgan fingerprint density at radius 1 is 1.00 bits per heavy atom. The van der Waals surface area contributed by atoms with Gasteiger partial charge >= 0.3 is 0 Å². The fraction of sp³-hybridized carbons (Fsp3) is 0.227. The van der Waals surface area contributed by atoms with Crippen LogP contribution in [-0.2, 0) is 16.6 Å². The van der Waals surface area contributed by atoms with E-state index in [1.54, 1.807) is 0 Å². The minimum atomic E-state index is -3.73. The summed E-state index contributed by atoms with van der Waals surface area (Å²) in [5.74, 6) is -0.399. The van der Waals surface area contributed by atoms with Gasteiger partial charge in [-0.05, 0) is 41.8 Å². The highest BCUT2D eigenvalue weighted by Crippen LogP contribution is 2.25. The SMILES string of the molecule is O=C(NCc1cccs1)c1cc(S(=O)(=O)N2CCN(c3ccccc3)CC2)ccc1Cl. The summed E-state index contributed by atoms with van der Waals surface area (Å²) in [4.78, 5) is 15.9. The molecule has 1 amide bonds. The van der Waals surface area contributed by atoms with Crippen LogP contribution in [-0.4, -0.2) is 44.8 Å². The van der Waals surface area contributed by atoms with E-state index in [9.17, 15) is 13.2 Å². The lowest BCUT2D eigenvalue weighted by molar-refractivity contribution is 0.0951. The lowest BCUT2D eigenvalue weighted by atomic mass is 10.2. The van der Waals surface area contributed by atoms with Crippen molar-refractivity contribution in [1.29, 1.82) is 0 Å². The highest BCUT2D eigenvalue weighted by Gasteiger charge is 2.29. The van der Waals surface area contributed by atoms with E-state index < -0.39 is 15.9 Å². The van der Waals surface area contributed by atoms with Gasteiger partial charge in [0.25, 0.3) is 5.91 Å². The summed E-state index contributed by atoms with van der Waals surface area (Å²) in [7, 11) is -3.73. The third-order valence-electron chi connectivity index (χ3n) is 5.18. The van der Waals surface area contributed by atoms with Gasteiger partial charge in [0.15, 0.2) is 0 Å². The highest BCUT2D eigenvalue weighted by atomic mass is 35.5. The van der Waals surface area contributed by atoms with Crippen molar-refractivity contribution in [2.45, 2.75) is 11.4 Å². The van der Waals surface area contributed by atoms with E-state index in [4.69, 9.17) is 11.6 Å². The Kier molecular flexibility index (Phi) is 6.62. The third-order valence-corrected chi connectivity index (χ3v) is 8.28. The van der Waals surface area contributed by atoms with Crippen molar-refractivity contribution in [1.82, 2.24) is 9.62 Å². The summed E-state index contributed by atoms with van der Waals surface area (Å²) < 4.78 is 27.9. The second kappa shape index (κ2) is 9.40. The highest BCUT2D eigenvalue weighted by molar-refractivity contribution is 7.89. The zero-order chi connectivity index (χ0) is 21.8. The van der Waals surface area contributed by atoms with E-state index >= 15 is 0 Å². The number of rotatable bonds is 6. The van der Waals surface area contributed by atoms with Gasteiger partial charge in [0.2, 0.25) is 10.0 Å². The van der Waals surface area contributed by atoms with Crippen LogP contribution in [0.4, 0.5) is 5.69 Å². The molecule has 0 bridgehead atoms. The largest absolute Gasteiger partial charge is 0.369 e. The molecule has 3 aromatic rings. The van der Waals surface area contributed by atoms with Gasteiger partial charge in [-0.25, -0.2) is 8.42 Å². The molecule has 0 atom stereocenters. The van der Waals surface area contributed by atoms with Gasteiger partial charge in [-0.15, -0.1) is 11.3 Å². The van der Waals surface area contributed by atoms with Crippen molar-refractivity contribution in [3.8, 4) is 0 Å². The molecule has 9 heteroatoms. The summed E-state index contributed by atoms with van der Waals surface area (Å²) in [5, 5.41) is 4.95. The summed E-state index contributed by atoms with van der Waals surface area (Å²) in [6, 6.07) is 18.0. The Labute approximate surface area is 191 Å². The second-order valence-corrected chi connectivity index (χ2v) is 10.5. The second-order valence-electron chi connectivity index (χ2n) is 7.13. The first-order valence-electron chi connectivity index (χ1n) is 9.85. The van der Waals surface area contributed by atoms with Crippen LogP contribution >= 0.6 is 22.9 Å². The molecule has 162 valence electrons. The number of benzene rings is 2. The van der Waals surface area contributed by atoms with Gasteiger partial charge in [0.05, 0.1) is 22.0 Å². The average molecular weight is 476 g/mol. The molecule has 0 spiro atoms. The topological polar surface area (TPSA) is 69.7 Å².